The molecule has 0 aliphatic carbocycles. The highest BCUT2D eigenvalue weighted by atomic mass is 19.2. The van der Waals surface area contributed by atoms with Crippen LogP contribution < -0.4 is 5.32 Å². The fourth-order valence-electron chi connectivity index (χ4n) is 2.30. The molecule has 2 rings (SSSR count). The predicted molar refractivity (Wildman–Crippen MR) is 69.2 cm³/mol. The highest BCUT2D eigenvalue weighted by molar-refractivity contribution is 5.18. The summed E-state index contributed by atoms with van der Waals surface area (Å²) in [6.07, 6.45) is -0.972. The summed E-state index contributed by atoms with van der Waals surface area (Å²) in [6.45, 7) is 1.42. The summed E-state index contributed by atoms with van der Waals surface area (Å²) >= 11 is 0. The van der Waals surface area contributed by atoms with Gasteiger partial charge in [-0.3, -0.25) is 0 Å². The zero-order valence-corrected chi connectivity index (χ0v) is 11.3. The summed E-state index contributed by atoms with van der Waals surface area (Å²) in [6, 6.07) is 4.08. The molecule has 0 radical (unpaired) electrons. The fourth-order valence-corrected chi connectivity index (χ4v) is 2.30. The maximum atomic E-state index is 13.5. The van der Waals surface area contributed by atoms with Crippen molar-refractivity contribution in [2.45, 2.75) is 18.8 Å². The Labute approximate surface area is 116 Å². The molecule has 0 spiro atoms. The zero-order chi connectivity index (χ0) is 14.5. The van der Waals surface area contributed by atoms with E-state index in [-0.39, 0.29) is 24.1 Å². The highest BCUT2D eigenvalue weighted by Crippen LogP contribution is 2.17. The van der Waals surface area contributed by atoms with E-state index in [4.69, 9.17) is 9.47 Å². The Morgan fingerprint density at radius 2 is 2.20 bits per heavy atom. The minimum Gasteiger partial charge on any atom is -0.390 e. The second kappa shape index (κ2) is 7.08. The summed E-state index contributed by atoms with van der Waals surface area (Å²) in [5.41, 5.74) is 0.263. The highest BCUT2D eigenvalue weighted by Gasteiger charge is 2.32. The van der Waals surface area contributed by atoms with E-state index in [0.717, 1.165) is 6.07 Å². The third kappa shape index (κ3) is 3.52. The molecule has 3 atom stereocenters. The molecule has 1 aromatic carbocycles. The van der Waals surface area contributed by atoms with Gasteiger partial charge in [0.1, 0.15) is 6.10 Å². The molecule has 112 valence electrons. The standard InChI is InChI=1S/C14H19F2NO3/c1-19-12-8-20-7-10(14(12)18)6-17-5-9-3-2-4-11(15)13(9)16/h2-4,10,12,14,17-18H,5-8H2,1H3/t10-,12-,14+/m1/s1. The summed E-state index contributed by atoms with van der Waals surface area (Å²) in [4.78, 5) is 0. The van der Waals surface area contributed by atoms with Gasteiger partial charge >= 0.3 is 0 Å². The first-order valence-corrected chi connectivity index (χ1v) is 6.55. The predicted octanol–water partition coefficient (Wildman–Crippen LogP) is 1.08. The van der Waals surface area contributed by atoms with Crippen LogP contribution in [0, 0.1) is 17.6 Å². The van der Waals surface area contributed by atoms with Gasteiger partial charge in [-0.1, -0.05) is 12.1 Å². The van der Waals surface area contributed by atoms with E-state index in [0.29, 0.717) is 19.8 Å². The Balaban J connectivity index is 1.85. The summed E-state index contributed by atoms with van der Waals surface area (Å²) in [5, 5.41) is 13.1. The van der Waals surface area contributed by atoms with Crippen LogP contribution in [-0.2, 0) is 16.0 Å². The van der Waals surface area contributed by atoms with Gasteiger partial charge in [-0.05, 0) is 6.07 Å². The van der Waals surface area contributed by atoms with Gasteiger partial charge in [-0.2, -0.15) is 0 Å². The zero-order valence-electron chi connectivity index (χ0n) is 11.3. The Morgan fingerprint density at radius 1 is 1.40 bits per heavy atom. The molecule has 1 saturated heterocycles. The molecular weight excluding hydrogens is 268 g/mol. The van der Waals surface area contributed by atoms with Gasteiger partial charge in [-0.15, -0.1) is 0 Å². The molecule has 1 aliphatic heterocycles. The van der Waals surface area contributed by atoms with Crippen LogP contribution in [0.25, 0.3) is 0 Å². The molecule has 6 heteroatoms. The third-order valence-electron chi connectivity index (χ3n) is 3.53. The van der Waals surface area contributed by atoms with E-state index in [2.05, 4.69) is 5.32 Å². The molecule has 1 fully saturated rings. The van der Waals surface area contributed by atoms with Crippen molar-refractivity contribution in [2.75, 3.05) is 26.9 Å². The van der Waals surface area contributed by atoms with Crippen LogP contribution in [-0.4, -0.2) is 44.2 Å². The lowest BCUT2D eigenvalue weighted by atomic mass is 9.96. The quantitative estimate of drug-likeness (QED) is 0.851. The van der Waals surface area contributed by atoms with Crippen molar-refractivity contribution in [3.05, 3.63) is 35.4 Å². The van der Waals surface area contributed by atoms with Gasteiger partial charge in [0.05, 0.1) is 19.3 Å². The van der Waals surface area contributed by atoms with Crippen molar-refractivity contribution in [1.82, 2.24) is 5.32 Å². The SMILES string of the molecule is CO[C@@H]1COC[C@@H](CNCc2cccc(F)c2F)[C@@H]1O. The van der Waals surface area contributed by atoms with E-state index in [1.165, 1.54) is 19.2 Å². The van der Waals surface area contributed by atoms with Gasteiger partial charge in [0.2, 0.25) is 0 Å². The summed E-state index contributed by atoms with van der Waals surface area (Å²) in [5.74, 6) is -1.83. The van der Waals surface area contributed by atoms with Crippen LogP contribution in [0.4, 0.5) is 8.78 Å². The number of rotatable bonds is 5. The van der Waals surface area contributed by atoms with E-state index >= 15 is 0 Å². The summed E-state index contributed by atoms with van der Waals surface area (Å²) < 4.78 is 37.0. The van der Waals surface area contributed by atoms with Crippen LogP contribution >= 0.6 is 0 Å². The van der Waals surface area contributed by atoms with Crippen LogP contribution in [0.1, 0.15) is 5.56 Å². The number of hydrogen-bond acceptors (Lipinski definition) is 4. The lowest BCUT2D eigenvalue weighted by molar-refractivity contribution is -0.133. The molecule has 0 bridgehead atoms. The number of hydrogen-bond donors (Lipinski definition) is 2. The largest absolute Gasteiger partial charge is 0.390 e. The molecule has 1 aliphatic rings. The van der Waals surface area contributed by atoms with Gasteiger partial charge in [0.25, 0.3) is 0 Å². The Hall–Kier alpha value is -1.08. The molecule has 0 amide bonds. The van der Waals surface area contributed by atoms with Crippen molar-refractivity contribution < 1.29 is 23.4 Å². The van der Waals surface area contributed by atoms with Crippen molar-refractivity contribution >= 4 is 0 Å². The number of ether oxygens (including phenoxy) is 2. The number of methoxy groups -OCH3 is 1. The van der Waals surface area contributed by atoms with Gasteiger partial charge < -0.3 is 19.9 Å². The molecule has 0 aromatic heterocycles. The third-order valence-corrected chi connectivity index (χ3v) is 3.53. The number of benzene rings is 1. The lowest BCUT2D eigenvalue weighted by Gasteiger charge is -2.33. The molecule has 0 saturated carbocycles. The molecule has 0 unspecified atom stereocenters. The van der Waals surface area contributed by atoms with E-state index in [1.807, 2.05) is 0 Å². The second-order valence-electron chi connectivity index (χ2n) is 4.91. The summed E-state index contributed by atoms with van der Waals surface area (Å²) in [7, 11) is 1.52. The van der Waals surface area contributed by atoms with Crippen LogP contribution in [0.2, 0.25) is 0 Å². The number of aliphatic hydroxyl groups is 1. The van der Waals surface area contributed by atoms with E-state index < -0.39 is 17.7 Å². The van der Waals surface area contributed by atoms with Crippen molar-refractivity contribution in [2.24, 2.45) is 5.92 Å². The Bertz CT molecular complexity index is 444. The van der Waals surface area contributed by atoms with Crippen molar-refractivity contribution in [3.8, 4) is 0 Å². The normalized spacial score (nSPS) is 26.7. The van der Waals surface area contributed by atoms with E-state index in [9.17, 15) is 13.9 Å². The number of aliphatic hydroxyl groups excluding tert-OH is 1. The molecule has 20 heavy (non-hydrogen) atoms. The van der Waals surface area contributed by atoms with Gasteiger partial charge in [0.15, 0.2) is 11.6 Å². The van der Waals surface area contributed by atoms with Crippen LogP contribution in [0.5, 0.6) is 0 Å². The van der Waals surface area contributed by atoms with Crippen LogP contribution in [0.15, 0.2) is 18.2 Å². The lowest BCUT2D eigenvalue weighted by Crippen LogP contribution is -2.48. The number of halogens is 2. The minimum absolute atomic E-state index is 0.134. The van der Waals surface area contributed by atoms with Gasteiger partial charge in [0, 0.05) is 31.7 Å². The first-order chi connectivity index (χ1) is 9.63. The molecule has 2 N–H and O–H groups in total. The first kappa shape index (κ1) is 15.3. The topological polar surface area (TPSA) is 50.7 Å². The average Bonchev–Trinajstić information content (AvgIpc) is 2.45. The van der Waals surface area contributed by atoms with Crippen molar-refractivity contribution in [3.63, 3.8) is 0 Å². The molecule has 1 aromatic rings. The average molecular weight is 287 g/mol. The minimum atomic E-state index is -0.857. The molecule has 1 heterocycles. The number of nitrogens with one attached hydrogen (secondary N) is 1. The molecule has 4 nitrogen and oxygen atoms in total. The Kier molecular flexibility index (Phi) is 5.42. The van der Waals surface area contributed by atoms with Crippen molar-refractivity contribution in [1.29, 1.82) is 0 Å². The molecular formula is C14H19F2NO3. The van der Waals surface area contributed by atoms with Gasteiger partial charge in [-0.25, -0.2) is 8.78 Å². The Morgan fingerprint density at radius 3 is 2.95 bits per heavy atom. The fraction of sp³-hybridized carbons (Fsp3) is 0.571. The monoisotopic (exact) mass is 287 g/mol. The maximum absolute atomic E-state index is 13.5. The second-order valence-corrected chi connectivity index (χ2v) is 4.91. The van der Waals surface area contributed by atoms with E-state index in [1.54, 1.807) is 0 Å². The maximum Gasteiger partial charge on any atom is 0.163 e. The van der Waals surface area contributed by atoms with Crippen LogP contribution in [0.3, 0.4) is 0 Å². The smallest absolute Gasteiger partial charge is 0.163 e. The first-order valence-electron chi connectivity index (χ1n) is 6.55.